The van der Waals surface area contributed by atoms with Crippen molar-refractivity contribution >= 4 is 37.5 Å². The molecule has 0 amide bonds. The van der Waals surface area contributed by atoms with Crippen molar-refractivity contribution in [3.05, 3.63) is 62.0 Å². The second-order valence-corrected chi connectivity index (χ2v) is 6.44. The average Bonchev–Trinajstić information content (AvgIpc) is 2.36. The van der Waals surface area contributed by atoms with Gasteiger partial charge in [-0.3, -0.25) is 0 Å². The summed E-state index contributed by atoms with van der Waals surface area (Å²) in [5, 5.41) is 3.01. The van der Waals surface area contributed by atoms with Gasteiger partial charge in [-0.25, -0.2) is 0 Å². The normalized spacial score (nSPS) is 11.5. The van der Waals surface area contributed by atoms with Gasteiger partial charge in [0.1, 0.15) is 0 Å². The lowest BCUT2D eigenvalue weighted by atomic mass is 10.1. The van der Waals surface area contributed by atoms with Gasteiger partial charge in [-0.1, -0.05) is 44.0 Å². The average molecular weight is 423 g/mol. The summed E-state index contributed by atoms with van der Waals surface area (Å²) in [6.45, 7) is 2.42. The molecule has 2 rings (SSSR count). The van der Waals surface area contributed by atoms with E-state index in [9.17, 15) is 13.2 Å². The Bertz CT molecular complexity index is 654. The minimum Gasteiger partial charge on any atom is -0.381 e. The molecule has 1 N–H and O–H groups in total. The lowest BCUT2D eigenvalue weighted by molar-refractivity contribution is -0.137. The molecule has 2 aromatic rings. The highest BCUT2D eigenvalue weighted by Crippen LogP contribution is 2.33. The van der Waals surface area contributed by atoms with E-state index in [1.165, 1.54) is 0 Å². The van der Waals surface area contributed by atoms with E-state index < -0.39 is 11.7 Å². The second-order valence-electron chi connectivity index (χ2n) is 4.67. The molecule has 0 radical (unpaired) electrons. The minimum atomic E-state index is -4.36. The zero-order valence-electron chi connectivity index (χ0n) is 11.1. The van der Waals surface area contributed by atoms with Crippen molar-refractivity contribution in [2.24, 2.45) is 0 Å². The summed E-state index contributed by atoms with van der Waals surface area (Å²) in [6, 6.07) is 9.66. The molecule has 0 saturated heterocycles. The highest BCUT2D eigenvalue weighted by molar-refractivity contribution is 9.10. The van der Waals surface area contributed by atoms with Gasteiger partial charge < -0.3 is 5.32 Å². The summed E-state index contributed by atoms with van der Waals surface area (Å²) in [4.78, 5) is 0. The molecule has 0 aliphatic heterocycles. The molecule has 1 nitrogen and oxygen atoms in total. The first-order valence-electron chi connectivity index (χ1n) is 6.12. The SMILES string of the molecule is Cc1ccc(CNc2cc(Br)cc(C(F)(F)F)c2)c(Br)c1. The number of hydrogen-bond donors (Lipinski definition) is 1. The lowest BCUT2D eigenvalue weighted by Crippen LogP contribution is -2.07. The van der Waals surface area contributed by atoms with Gasteiger partial charge in [-0.05, 0) is 42.3 Å². The van der Waals surface area contributed by atoms with Crippen LogP contribution in [0.25, 0.3) is 0 Å². The van der Waals surface area contributed by atoms with Crippen LogP contribution in [0.15, 0.2) is 45.3 Å². The molecule has 0 heterocycles. The van der Waals surface area contributed by atoms with Crippen LogP contribution in [0.2, 0.25) is 0 Å². The molecule has 0 saturated carbocycles. The fraction of sp³-hybridized carbons (Fsp3) is 0.200. The Balaban J connectivity index is 2.18. The molecule has 0 aromatic heterocycles. The van der Waals surface area contributed by atoms with Gasteiger partial charge >= 0.3 is 6.18 Å². The molecular formula is C15H12Br2F3N. The number of nitrogens with one attached hydrogen (secondary N) is 1. The molecule has 0 fully saturated rings. The Morgan fingerprint density at radius 2 is 1.76 bits per heavy atom. The van der Waals surface area contributed by atoms with E-state index in [0.29, 0.717) is 16.7 Å². The quantitative estimate of drug-likeness (QED) is 0.625. The Morgan fingerprint density at radius 1 is 1.05 bits per heavy atom. The van der Waals surface area contributed by atoms with Crippen LogP contribution in [0.1, 0.15) is 16.7 Å². The molecule has 21 heavy (non-hydrogen) atoms. The molecule has 2 aromatic carbocycles. The first-order valence-corrected chi connectivity index (χ1v) is 7.71. The molecule has 0 spiro atoms. The highest BCUT2D eigenvalue weighted by Gasteiger charge is 2.31. The van der Waals surface area contributed by atoms with Crippen LogP contribution in [0.3, 0.4) is 0 Å². The van der Waals surface area contributed by atoms with Crippen molar-refractivity contribution in [3.63, 3.8) is 0 Å². The van der Waals surface area contributed by atoms with Crippen LogP contribution in [0.5, 0.6) is 0 Å². The summed E-state index contributed by atoms with van der Waals surface area (Å²) < 4.78 is 39.6. The first-order chi connectivity index (χ1) is 9.75. The zero-order chi connectivity index (χ0) is 15.6. The third kappa shape index (κ3) is 4.48. The van der Waals surface area contributed by atoms with E-state index >= 15 is 0 Å². The van der Waals surface area contributed by atoms with Crippen molar-refractivity contribution in [2.45, 2.75) is 19.6 Å². The fourth-order valence-corrected chi connectivity index (χ4v) is 2.98. The molecular weight excluding hydrogens is 411 g/mol. The second kappa shape index (κ2) is 6.40. The lowest BCUT2D eigenvalue weighted by Gasteiger charge is -2.13. The maximum atomic E-state index is 12.8. The summed E-state index contributed by atoms with van der Waals surface area (Å²) in [5.41, 5.74) is 1.84. The summed E-state index contributed by atoms with van der Waals surface area (Å²) in [6.07, 6.45) is -4.36. The van der Waals surface area contributed by atoms with Crippen LogP contribution in [0, 0.1) is 6.92 Å². The standard InChI is InChI=1S/C15H12Br2F3N/c1-9-2-3-10(14(17)4-9)8-21-13-6-11(15(18,19)20)5-12(16)7-13/h2-7,21H,8H2,1H3. The Morgan fingerprint density at radius 3 is 2.38 bits per heavy atom. The zero-order valence-corrected chi connectivity index (χ0v) is 14.2. The van der Waals surface area contributed by atoms with Gasteiger partial charge in [-0.15, -0.1) is 0 Å². The molecule has 0 bridgehead atoms. The number of halogens is 5. The van der Waals surface area contributed by atoms with Crippen molar-refractivity contribution in [1.82, 2.24) is 0 Å². The van der Waals surface area contributed by atoms with Crippen molar-refractivity contribution < 1.29 is 13.2 Å². The molecule has 0 atom stereocenters. The first kappa shape index (κ1) is 16.4. The summed E-state index contributed by atoms with van der Waals surface area (Å²) >= 11 is 6.56. The number of aryl methyl sites for hydroxylation is 1. The van der Waals surface area contributed by atoms with Crippen LogP contribution in [0.4, 0.5) is 18.9 Å². The van der Waals surface area contributed by atoms with E-state index in [-0.39, 0.29) is 0 Å². The van der Waals surface area contributed by atoms with E-state index in [2.05, 4.69) is 37.2 Å². The predicted octanol–water partition coefficient (Wildman–Crippen LogP) is 6.15. The van der Waals surface area contributed by atoms with E-state index in [1.807, 2.05) is 25.1 Å². The van der Waals surface area contributed by atoms with Gasteiger partial charge in [0.15, 0.2) is 0 Å². The van der Waals surface area contributed by atoms with Crippen LogP contribution < -0.4 is 5.32 Å². The van der Waals surface area contributed by atoms with E-state index in [0.717, 1.165) is 27.7 Å². The van der Waals surface area contributed by atoms with Gasteiger partial charge in [0.05, 0.1) is 5.56 Å². The van der Waals surface area contributed by atoms with Crippen LogP contribution >= 0.6 is 31.9 Å². The number of rotatable bonds is 3. The minimum absolute atomic E-state index is 0.391. The van der Waals surface area contributed by atoms with Gasteiger partial charge in [0.25, 0.3) is 0 Å². The number of hydrogen-bond acceptors (Lipinski definition) is 1. The van der Waals surface area contributed by atoms with Gasteiger partial charge in [-0.2, -0.15) is 13.2 Å². The summed E-state index contributed by atoms with van der Waals surface area (Å²) in [7, 11) is 0. The number of alkyl halides is 3. The molecule has 112 valence electrons. The number of benzene rings is 2. The maximum Gasteiger partial charge on any atom is 0.416 e. The largest absolute Gasteiger partial charge is 0.416 e. The third-order valence-corrected chi connectivity index (χ3v) is 4.11. The summed E-state index contributed by atoms with van der Waals surface area (Å²) in [5.74, 6) is 0. The monoisotopic (exact) mass is 421 g/mol. The van der Waals surface area contributed by atoms with Crippen LogP contribution in [-0.2, 0) is 12.7 Å². The molecule has 0 aliphatic rings. The topological polar surface area (TPSA) is 12.0 Å². The third-order valence-electron chi connectivity index (χ3n) is 2.92. The predicted molar refractivity (Wildman–Crippen MR) is 85.3 cm³/mol. The molecule has 6 heteroatoms. The Labute approximate surface area is 137 Å². The highest BCUT2D eigenvalue weighted by atomic mass is 79.9. The van der Waals surface area contributed by atoms with E-state index in [4.69, 9.17) is 0 Å². The van der Waals surface area contributed by atoms with E-state index in [1.54, 1.807) is 6.07 Å². The Hall–Kier alpha value is -1.01. The molecule has 0 aliphatic carbocycles. The fourth-order valence-electron chi connectivity index (χ4n) is 1.85. The smallest absolute Gasteiger partial charge is 0.381 e. The van der Waals surface area contributed by atoms with Crippen LogP contribution in [-0.4, -0.2) is 0 Å². The Kier molecular flexibility index (Phi) is 4.99. The van der Waals surface area contributed by atoms with Crippen molar-refractivity contribution in [1.29, 1.82) is 0 Å². The van der Waals surface area contributed by atoms with Crippen molar-refractivity contribution in [3.8, 4) is 0 Å². The molecule has 0 unspecified atom stereocenters. The van der Waals surface area contributed by atoms with Gasteiger partial charge in [0, 0.05) is 21.2 Å². The van der Waals surface area contributed by atoms with Gasteiger partial charge in [0.2, 0.25) is 0 Å². The number of anilines is 1. The maximum absolute atomic E-state index is 12.8. The van der Waals surface area contributed by atoms with Crippen molar-refractivity contribution in [2.75, 3.05) is 5.32 Å².